The van der Waals surface area contributed by atoms with Crippen LogP contribution in [0, 0.1) is 5.92 Å². The molecule has 3 nitrogen and oxygen atoms in total. The van der Waals surface area contributed by atoms with E-state index in [2.05, 4.69) is 11.7 Å². The summed E-state index contributed by atoms with van der Waals surface area (Å²) in [4.78, 5) is 13.5. The minimum atomic E-state index is -4.40. The smallest absolute Gasteiger partial charge is 0.359 e. The number of halogens is 3. The van der Waals surface area contributed by atoms with E-state index in [-0.39, 0.29) is 11.9 Å². The molecule has 1 amide bonds. The molecule has 0 N–H and O–H groups in total. The molecule has 0 bridgehead atoms. The summed E-state index contributed by atoms with van der Waals surface area (Å²) in [5.41, 5.74) is 0. The van der Waals surface area contributed by atoms with Crippen LogP contribution < -0.4 is 0 Å². The van der Waals surface area contributed by atoms with Crippen molar-refractivity contribution in [1.29, 1.82) is 0 Å². The van der Waals surface area contributed by atoms with Gasteiger partial charge >= 0.3 is 6.18 Å². The highest BCUT2D eigenvalue weighted by molar-refractivity contribution is 5.80. The van der Waals surface area contributed by atoms with Crippen LogP contribution in [0.4, 0.5) is 13.2 Å². The Balaban J connectivity index is 2.43. The fourth-order valence-corrected chi connectivity index (χ4v) is 2.39. The third-order valence-corrected chi connectivity index (χ3v) is 3.73. The average molecular weight is 281 g/mol. The standard InChI is InChI=1S/C13H22F3NO2/c1-9-4-6-11(7-5-9)17(3)12(18)10(2)19-8-13(14,15)16/h9-11H,4-8H2,1-3H3. The van der Waals surface area contributed by atoms with Gasteiger partial charge in [0.2, 0.25) is 0 Å². The van der Waals surface area contributed by atoms with Crippen LogP contribution >= 0.6 is 0 Å². The van der Waals surface area contributed by atoms with Crippen molar-refractivity contribution in [1.82, 2.24) is 4.90 Å². The number of nitrogens with zero attached hydrogens (tertiary/aromatic N) is 1. The maximum Gasteiger partial charge on any atom is 0.411 e. The molecule has 0 heterocycles. The first-order chi connectivity index (χ1) is 8.70. The van der Waals surface area contributed by atoms with Crippen molar-refractivity contribution < 1.29 is 22.7 Å². The molecule has 1 atom stereocenters. The minimum Gasteiger partial charge on any atom is -0.359 e. The molecule has 1 unspecified atom stereocenters. The molecule has 0 aromatic heterocycles. The Kier molecular flexibility index (Phi) is 5.64. The number of hydrogen-bond acceptors (Lipinski definition) is 2. The van der Waals surface area contributed by atoms with Gasteiger partial charge in [0.1, 0.15) is 12.7 Å². The zero-order chi connectivity index (χ0) is 14.6. The molecule has 1 saturated carbocycles. The van der Waals surface area contributed by atoms with Crippen LogP contribution in [-0.4, -0.2) is 42.8 Å². The Hall–Kier alpha value is -0.780. The molecule has 0 aliphatic heterocycles. The zero-order valence-corrected chi connectivity index (χ0v) is 11.7. The lowest BCUT2D eigenvalue weighted by atomic mass is 9.86. The molecule has 19 heavy (non-hydrogen) atoms. The lowest BCUT2D eigenvalue weighted by Gasteiger charge is -2.34. The van der Waals surface area contributed by atoms with Crippen LogP contribution in [0.5, 0.6) is 0 Å². The lowest BCUT2D eigenvalue weighted by Crippen LogP contribution is -2.45. The molecule has 1 aliphatic rings. The van der Waals surface area contributed by atoms with Gasteiger partial charge in [0.15, 0.2) is 0 Å². The van der Waals surface area contributed by atoms with Gasteiger partial charge in [0, 0.05) is 13.1 Å². The molecule has 0 saturated heterocycles. The van der Waals surface area contributed by atoms with Crippen LogP contribution in [0.2, 0.25) is 0 Å². The number of likely N-dealkylation sites (N-methyl/N-ethyl adjacent to an activating group) is 1. The third-order valence-electron chi connectivity index (χ3n) is 3.73. The fourth-order valence-electron chi connectivity index (χ4n) is 2.39. The van der Waals surface area contributed by atoms with E-state index >= 15 is 0 Å². The quantitative estimate of drug-likeness (QED) is 0.793. The SMILES string of the molecule is CC1CCC(N(C)C(=O)C(C)OCC(F)(F)F)CC1. The van der Waals surface area contributed by atoms with Crippen molar-refractivity contribution in [3.05, 3.63) is 0 Å². The summed E-state index contributed by atoms with van der Waals surface area (Å²) in [6.07, 6.45) is -1.51. The number of carbonyl (C=O) groups is 1. The molecular weight excluding hydrogens is 259 g/mol. The average Bonchev–Trinajstić information content (AvgIpc) is 2.34. The van der Waals surface area contributed by atoms with Gasteiger partial charge < -0.3 is 9.64 Å². The Morgan fingerprint density at radius 2 is 1.84 bits per heavy atom. The van der Waals surface area contributed by atoms with Gasteiger partial charge in [-0.1, -0.05) is 6.92 Å². The maximum absolute atomic E-state index is 12.0. The summed E-state index contributed by atoms with van der Waals surface area (Å²) in [7, 11) is 1.65. The molecule has 6 heteroatoms. The second kappa shape index (κ2) is 6.59. The van der Waals surface area contributed by atoms with E-state index in [0.717, 1.165) is 25.7 Å². The van der Waals surface area contributed by atoms with Gasteiger partial charge in [-0.25, -0.2) is 0 Å². The number of alkyl halides is 3. The zero-order valence-electron chi connectivity index (χ0n) is 11.7. The predicted molar refractivity (Wildman–Crippen MR) is 65.7 cm³/mol. The number of amides is 1. The summed E-state index contributed by atoms with van der Waals surface area (Å²) in [5, 5.41) is 0. The number of carbonyl (C=O) groups excluding carboxylic acids is 1. The van der Waals surface area contributed by atoms with E-state index in [0.29, 0.717) is 5.92 Å². The monoisotopic (exact) mass is 281 g/mol. The van der Waals surface area contributed by atoms with Gasteiger partial charge in [-0.05, 0) is 38.5 Å². The lowest BCUT2D eigenvalue weighted by molar-refractivity contribution is -0.188. The fraction of sp³-hybridized carbons (Fsp3) is 0.923. The van der Waals surface area contributed by atoms with Crippen molar-refractivity contribution in [3.63, 3.8) is 0 Å². The maximum atomic E-state index is 12.0. The van der Waals surface area contributed by atoms with Crippen LogP contribution in [0.25, 0.3) is 0 Å². The molecule has 112 valence electrons. The largest absolute Gasteiger partial charge is 0.411 e. The van der Waals surface area contributed by atoms with Gasteiger partial charge in [0.25, 0.3) is 5.91 Å². The van der Waals surface area contributed by atoms with Crippen molar-refractivity contribution in [2.75, 3.05) is 13.7 Å². The van der Waals surface area contributed by atoms with E-state index in [1.807, 2.05) is 0 Å². The predicted octanol–water partition coefficient (Wildman–Crippen LogP) is 2.99. The topological polar surface area (TPSA) is 29.5 Å². The van der Waals surface area contributed by atoms with Gasteiger partial charge in [0.05, 0.1) is 0 Å². The Labute approximate surface area is 112 Å². The number of rotatable bonds is 4. The van der Waals surface area contributed by atoms with Crippen molar-refractivity contribution in [2.24, 2.45) is 5.92 Å². The molecular formula is C13H22F3NO2. The second-order valence-corrected chi connectivity index (χ2v) is 5.43. The third kappa shape index (κ3) is 5.38. The van der Waals surface area contributed by atoms with Crippen molar-refractivity contribution >= 4 is 5.91 Å². The number of hydrogen-bond donors (Lipinski definition) is 0. The van der Waals surface area contributed by atoms with E-state index in [1.165, 1.54) is 6.92 Å². The van der Waals surface area contributed by atoms with Crippen molar-refractivity contribution in [2.45, 2.75) is 57.9 Å². The van der Waals surface area contributed by atoms with E-state index in [4.69, 9.17) is 0 Å². The molecule has 1 aliphatic carbocycles. The van der Waals surface area contributed by atoms with E-state index in [1.54, 1.807) is 11.9 Å². The van der Waals surface area contributed by atoms with Crippen LogP contribution in [0.3, 0.4) is 0 Å². The summed E-state index contributed by atoms with van der Waals surface area (Å²) < 4.78 is 40.7. The summed E-state index contributed by atoms with van der Waals surface area (Å²) in [5.74, 6) is 0.294. The first-order valence-electron chi connectivity index (χ1n) is 6.65. The highest BCUT2D eigenvalue weighted by Gasteiger charge is 2.32. The summed E-state index contributed by atoms with van der Waals surface area (Å²) >= 11 is 0. The Bertz CT molecular complexity index is 299. The molecule has 0 aromatic carbocycles. The van der Waals surface area contributed by atoms with E-state index in [9.17, 15) is 18.0 Å². The molecule has 1 rings (SSSR count). The highest BCUT2D eigenvalue weighted by Crippen LogP contribution is 2.27. The molecule has 0 aromatic rings. The van der Waals surface area contributed by atoms with Gasteiger partial charge in [-0.15, -0.1) is 0 Å². The van der Waals surface area contributed by atoms with Crippen LogP contribution in [0.15, 0.2) is 0 Å². The van der Waals surface area contributed by atoms with Crippen LogP contribution in [-0.2, 0) is 9.53 Å². The minimum absolute atomic E-state index is 0.126. The Morgan fingerprint density at radius 3 is 2.32 bits per heavy atom. The summed E-state index contributed by atoms with van der Waals surface area (Å²) in [6, 6.07) is 0.126. The second-order valence-electron chi connectivity index (χ2n) is 5.43. The normalized spacial score (nSPS) is 26.0. The van der Waals surface area contributed by atoms with Crippen molar-refractivity contribution in [3.8, 4) is 0 Å². The first kappa shape index (κ1) is 16.3. The highest BCUT2D eigenvalue weighted by atomic mass is 19.4. The number of ether oxygens (including phenoxy) is 1. The van der Waals surface area contributed by atoms with Crippen LogP contribution in [0.1, 0.15) is 39.5 Å². The van der Waals surface area contributed by atoms with Gasteiger partial charge in [-0.3, -0.25) is 4.79 Å². The first-order valence-corrected chi connectivity index (χ1v) is 6.65. The molecule has 0 radical (unpaired) electrons. The molecule has 0 spiro atoms. The van der Waals surface area contributed by atoms with Gasteiger partial charge in [-0.2, -0.15) is 13.2 Å². The molecule has 1 fully saturated rings. The van der Waals surface area contributed by atoms with E-state index < -0.39 is 18.9 Å². The Morgan fingerprint density at radius 1 is 1.32 bits per heavy atom. The summed E-state index contributed by atoms with van der Waals surface area (Å²) in [6.45, 7) is 2.17.